The van der Waals surface area contributed by atoms with Crippen molar-refractivity contribution in [2.45, 2.75) is 31.7 Å². The molecule has 2 aromatic rings. The summed E-state index contributed by atoms with van der Waals surface area (Å²) in [5.74, 6) is 0.0566. The zero-order valence-electron chi connectivity index (χ0n) is 11.5. The van der Waals surface area contributed by atoms with E-state index in [9.17, 15) is 4.39 Å². The third-order valence-corrected chi connectivity index (χ3v) is 4.14. The highest BCUT2D eigenvalue weighted by molar-refractivity contribution is 9.10. The predicted octanol–water partition coefficient (Wildman–Crippen LogP) is 4.65. The minimum Gasteiger partial charge on any atom is -0.327 e. The van der Waals surface area contributed by atoms with Gasteiger partial charge in [-0.1, -0.05) is 53.2 Å². The van der Waals surface area contributed by atoms with E-state index in [1.54, 1.807) is 6.07 Å². The van der Waals surface area contributed by atoms with Gasteiger partial charge in [-0.25, -0.2) is 4.39 Å². The van der Waals surface area contributed by atoms with Crippen LogP contribution in [0.25, 0.3) is 0 Å². The topological polar surface area (TPSA) is 26.0 Å². The van der Waals surface area contributed by atoms with Gasteiger partial charge in [0.25, 0.3) is 0 Å². The zero-order valence-corrected chi connectivity index (χ0v) is 13.1. The Labute approximate surface area is 128 Å². The summed E-state index contributed by atoms with van der Waals surface area (Å²) in [6.07, 6.45) is 1.49. The lowest BCUT2D eigenvalue weighted by Gasteiger charge is -2.23. The fourth-order valence-corrected chi connectivity index (χ4v) is 2.99. The second-order valence-electron chi connectivity index (χ2n) is 5.03. The number of nitrogens with two attached hydrogens (primary N) is 1. The van der Waals surface area contributed by atoms with Crippen LogP contribution in [0.3, 0.4) is 0 Å². The molecule has 0 heterocycles. The average molecular weight is 336 g/mol. The van der Waals surface area contributed by atoms with E-state index in [0.717, 1.165) is 10.9 Å². The van der Waals surface area contributed by atoms with Gasteiger partial charge in [-0.3, -0.25) is 0 Å². The molecule has 0 saturated carbocycles. The predicted molar refractivity (Wildman–Crippen MR) is 85.3 cm³/mol. The maximum absolute atomic E-state index is 13.8. The Morgan fingerprint density at radius 1 is 1.15 bits per heavy atom. The first kappa shape index (κ1) is 15.2. The highest BCUT2D eigenvalue weighted by Gasteiger charge is 2.19. The van der Waals surface area contributed by atoms with Gasteiger partial charge in [0.15, 0.2) is 0 Å². The SMILES string of the molecule is CCC(c1ccccc1)C(N)Cc1cc(Br)ccc1F. The van der Waals surface area contributed by atoms with Crippen LogP contribution >= 0.6 is 15.9 Å². The molecule has 0 saturated heterocycles. The van der Waals surface area contributed by atoms with Crippen molar-refractivity contribution in [1.82, 2.24) is 0 Å². The molecule has 0 aliphatic carbocycles. The van der Waals surface area contributed by atoms with Crippen molar-refractivity contribution >= 4 is 15.9 Å². The second kappa shape index (κ2) is 7.00. The van der Waals surface area contributed by atoms with E-state index in [1.807, 2.05) is 24.3 Å². The number of hydrogen-bond donors (Lipinski definition) is 1. The fraction of sp³-hybridized carbons (Fsp3) is 0.294. The van der Waals surface area contributed by atoms with E-state index in [4.69, 9.17) is 5.73 Å². The van der Waals surface area contributed by atoms with E-state index >= 15 is 0 Å². The molecule has 0 aliphatic heterocycles. The first-order valence-electron chi connectivity index (χ1n) is 6.86. The Balaban J connectivity index is 2.17. The summed E-state index contributed by atoms with van der Waals surface area (Å²) < 4.78 is 14.7. The molecule has 2 N–H and O–H groups in total. The number of halogens is 2. The van der Waals surface area contributed by atoms with Crippen LogP contribution in [0.4, 0.5) is 4.39 Å². The van der Waals surface area contributed by atoms with Crippen LogP contribution in [0.15, 0.2) is 53.0 Å². The highest BCUT2D eigenvalue weighted by Crippen LogP contribution is 2.26. The van der Waals surface area contributed by atoms with Gasteiger partial charge >= 0.3 is 0 Å². The van der Waals surface area contributed by atoms with Gasteiger partial charge in [0.1, 0.15) is 5.82 Å². The maximum atomic E-state index is 13.8. The van der Waals surface area contributed by atoms with Gasteiger partial charge in [0.05, 0.1) is 0 Å². The van der Waals surface area contributed by atoms with Crippen LogP contribution < -0.4 is 5.73 Å². The van der Waals surface area contributed by atoms with E-state index in [1.165, 1.54) is 11.6 Å². The molecule has 0 fully saturated rings. The van der Waals surface area contributed by atoms with E-state index in [-0.39, 0.29) is 17.8 Å². The minimum absolute atomic E-state index is 0.0915. The molecule has 0 bridgehead atoms. The van der Waals surface area contributed by atoms with Crippen molar-refractivity contribution in [2.24, 2.45) is 5.73 Å². The monoisotopic (exact) mass is 335 g/mol. The molecule has 2 unspecified atom stereocenters. The standard InChI is InChI=1S/C17H19BrFN/c1-2-15(12-6-4-3-5-7-12)17(20)11-13-10-14(18)8-9-16(13)19/h3-10,15,17H,2,11,20H2,1H3. The third kappa shape index (κ3) is 3.68. The molecule has 2 atom stereocenters. The van der Waals surface area contributed by atoms with Crippen molar-refractivity contribution in [3.05, 3.63) is 69.9 Å². The van der Waals surface area contributed by atoms with E-state index < -0.39 is 0 Å². The van der Waals surface area contributed by atoms with Crippen LogP contribution in [0, 0.1) is 5.82 Å². The Morgan fingerprint density at radius 3 is 2.50 bits per heavy atom. The summed E-state index contributed by atoms with van der Waals surface area (Å²) in [4.78, 5) is 0. The number of rotatable bonds is 5. The Kier molecular flexibility index (Phi) is 5.32. The van der Waals surface area contributed by atoms with Crippen LogP contribution in [-0.4, -0.2) is 6.04 Å². The van der Waals surface area contributed by atoms with Gasteiger partial charge in [0.2, 0.25) is 0 Å². The number of hydrogen-bond acceptors (Lipinski definition) is 1. The van der Waals surface area contributed by atoms with Gasteiger partial charge in [0, 0.05) is 10.5 Å². The lowest BCUT2D eigenvalue weighted by molar-refractivity contribution is 0.501. The van der Waals surface area contributed by atoms with Crippen LogP contribution in [0.5, 0.6) is 0 Å². The molecule has 0 amide bonds. The average Bonchev–Trinajstić information content (AvgIpc) is 2.45. The summed E-state index contributed by atoms with van der Waals surface area (Å²) in [7, 11) is 0. The molecule has 1 nitrogen and oxygen atoms in total. The van der Waals surface area contributed by atoms with E-state index in [2.05, 4.69) is 35.0 Å². The molecular weight excluding hydrogens is 317 g/mol. The molecule has 0 aromatic heterocycles. The van der Waals surface area contributed by atoms with Crippen LogP contribution in [-0.2, 0) is 6.42 Å². The molecular formula is C17H19BrFN. The maximum Gasteiger partial charge on any atom is 0.126 e. The molecule has 3 heteroatoms. The molecule has 2 rings (SSSR count). The van der Waals surface area contributed by atoms with Gasteiger partial charge < -0.3 is 5.73 Å². The summed E-state index contributed by atoms with van der Waals surface area (Å²) >= 11 is 3.38. The molecule has 0 aliphatic rings. The smallest absolute Gasteiger partial charge is 0.126 e. The molecule has 20 heavy (non-hydrogen) atoms. The zero-order chi connectivity index (χ0) is 14.5. The molecule has 106 valence electrons. The van der Waals surface area contributed by atoms with Crippen LogP contribution in [0.1, 0.15) is 30.4 Å². The van der Waals surface area contributed by atoms with Gasteiger partial charge in [-0.05, 0) is 48.1 Å². The van der Waals surface area contributed by atoms with Crippen molar-refractivity contribution in [1.29, 1.82) is 0 Å². The molecule has 0 spiro atoms. The molecule has 2 aromatic carbocycles. The summed E-state index contributed by atoms with van der Waals surface area (Å²) in [5, 5.41) is 0. The Bertz CT molecular complexity index is 556. The lowest BCUT2D eigenvalue weighted by atomic mass is 9.86. The lowest BCUT2D eigenvalue weighted by Crippen LogP contribution is -2.30. The van der Waals surface area contributed by atoms with E-state index in [0.29, 0.717) is 12.0 Å². The Hall–Kier alpha value is -1.19. The quantitative estimate of drug-likeness (QED) is 0.845. The van der Waals surface area contributed by atoms with Crippen LogP contribution in [0.2, 0.25) is 0 Å². The van der Waals surface area contributed by atoms with Crippen molar-refractivity contribution < 1.29 is 4.39 Å². The normalized spacial score (nSPS) is 14.0. The van der Waals surface area contributed by atoms with Gasteiger partial charge in [-0.2, -0.15) is 0 Å². The fourth-order valence-electron chi connectivity index (χ4n) is 2.58. The van der Waals surface area contributed by atoms with Crippen molar-refractivity contribution in [3.8, 4) is 0 Å². The minimum atomic E-state index is -0.188. The van der Waals surface area contributed by atoms with Crippen molar-refractivity contribution in [2.75, 3.05) is 0 Å². The Morgan fingerprint density at radius 2 is 1.85 bits per heavy atom. The first-order valence-corrected chi connectivity index (χ1v) is 7.65. The first-order chi connectivity index (χ1) is 9.61. The number of benzene rings is 2. The summed E-state index contributed by atoms with van der Waals surface area (Å²) in [6, 6.07) is 15.1. The summed E-state index contributed by atoms with van der Waals surface area (Å²) in [6.45, 7) is 2.12. The third-order valence-electron chi connectivity index (χ3n) is 3.65. The second-order valence-corrected chi connectivity index (χ2v) is 5.94. The van der Waals surface area contributed by atoms with Gasteiger partial charge in [-0.15, -0.1) is 0 Å². The van der Waals surface area contributed by atoms with Crippen molar-refractivity contribution in [3.63, 3.8) is 0 Å². The largest absolute Gasteiger partial charge is 0.327 e. The highest BCUT2D eigenvalue weighted by atomic mass is 79.9. The summed E-state index contributed by atoms with van der Waals surface area (Å²) in [5.41, 5.74) is 8.22. The molecule has 0 radical (unpaired) electrons.